The first-order valence-electron chi connectivity index (χ1n) is 6.93. The zero-order valence-electron chi connectivity index (χ0n) is 12.2. The summed E-state index contributed by atoms with van der Waals surface area (Å²) in [6.45, 7) is 2.47. The number of nitrogens with one attached hydrogen (secondary N) is 3. The normalized spacial score (nSPS) is 10.8. The number of hydrogen-bond donors (Lipinski definition) is 3. The van der Waals surface area contributed by atoms with Crippen LogP contribution < -0.4 is 16.2 Å². The zero-order valence-corrected chi connectivity index (χ0v) is 13.8. The van der Waals surface area contributed by atoms with Gasteiger partial charge in [0.1, 0.15) is 0 Å². The first-order valence-corrected chi connectivity index (χ1v) is 7.72. The van der Waals surface area contributed by atoms with Crippen molar-refractivity contribution in [2.45, 2.75) is 0 Å². The molecule has 1 amide bonds. The van der Waals surface area contributed by atoms with Crippen LogP contribution in [-0.2, 0) is 4.74 Å². The van der Waals surface area contributed by atoms with E-state index in [0.29, 0.717) is 36.2 Å². The van der Waals surface area contributed by atoms with Gasteiger partial charge in [-0.1, -0.05) is 12.1 Å². The Kier molecular flexibility index (Phi) is 6.11. The van der Waals surface area contributed by atoms with Crippen molar-refractivity contribution in [2.75, 3.05) is 33.4 Å². The molecule has 0 radical (unpaired) electrons. The first-order chi connectivity index (χ1) is 10.6. The molecule has 0 aliphatic carbocycles. The fraction of sp³-hybridized carbons (Fsp3) is 0.333. The minimum atomic E-state index is -0.303. The molecule has 0 saturated heterocycles. The van der Waals surface area contributed by atoms with Gasteiger partial charge in [-0.15, -0.1) is 0 Å². The molecule has 0 spiro atoms. The van der Waals surface area contributed by atoms with E-state index in [9.17, 15) is 9.59 Å². The van der Waals surface area contributed by atoms with Gasteiger partial charge >= 0.3 is 0 Å². The molecular formula is C15H18BrN3O3. The lowest BCUT2D eigenvalue weighted by atomic mass is 10.1. The van der Waals surface area contributed by atoms with Crippen LogP contribution in [-0.4, -0.2) is 44.2 Å². The second kappa shape index (κ2) is 8.07. The zero-order chi connectivity index (χ0) is 15.9. The fourth-order valence-electron chi connectivity index (χ4n) is 2.09. The third-order valence-corrected chi connectivity index (χ3v) is 3.80. The molecule has 0 aliphatic rings. The number of H-pyrrole nitrogens is 1. The van der Waals surface area contributed by atoms with Crippen molar-refractivity contribution in [1.29, 1.82) is 0 Å². The summed E-state index contributed by atoms with van der Waals surface area (Å²) in [6.07, 6.45) is 0. The lowest BCUT2D eigenvalue weighted by Gasteiger charge is -2.09. The van der Waals surface area contributed by atoms with Crippen LogP contribution in [0.3, 0.4) is 0 Å². The molecule has 118 valence electrons. The Morgan fingerprint density at radius 2 is 2.14 bits per heavy atom. The lowest BCUT2D eigenvalue weighted by molar-refractivity contribution is 0.0955. The van der Waals surface area contributed by atoms with Gasteiger partial charge in [-0.3, -0.25) is 9.59 Å². The van der Waals surface area contributed by atoms with Gasteiger partial charge in [0.15, 0.2) is 0 Å². The molecule has 0 saturated carbocycles. The third-order valence-electron chi connectivity index (χ3n) is 3.14. The molecule has 3 N–H and O–H groups in total. The Morgan fingerprint density at radius 1 is 1.32 bits per heavy atom. The number of hydrogen-bond acceptors (Lipinski definition) is 4. The van der Waals surface area contributed by atoms with Gasteiger partial charge in [-0.05, 0) is 22.0 Å². The Hall–Kier alpha value is -1.70. The number of aromatic nitrogens is 1. The Labute approximate surface area is 136 Å². The Bertz CT molecular complexity index is 715. The van der Waals surface area contributed by atoms with E-state index in [1.54, 1.807) is 7.11 Å². The topological polar surface area (TPSA) is 83.2 Å². The summed E-state index contributed by atoms with van der Waals surface area (Å²) < 4.78 is 5.67. The van der Waals surface area contributed by atoms with Gasteiger partial charge in [0.2, 0.25) is 5.56 Å². The van der Waals surface area contributed by atoms with Crippen LogP contribution in [0, 0.1) is 0 Å². The summed E-state index contributed by atoms with van der Waals surface area (Å²) in [4.78, 5) is 26.7. The molecule has 0 atom stereocenters. The van der Waals surface area contributed by atoms with E-state index in [1.807, 2.05) is 18.2 Å². The van der Waals surface area contributed by atoms with Crippen LogP contribution in [0.2, 0.25) is 0 Å². The first kappa shape index (κ1) is 16.7. The van der Waals surface area contributed by atoms with E-state index in [2.05, 4.69) is 31.5 Å². The summed E-state index contributed by atoms with van der Waals surface area (Å²) in [5.74, 6) is -0.261. The van der Waals surface area contributed by atoms with Gasteiger partial charge in [-0.25, -0.2) is 0 Å². The van der Waals surface area contributed by atoms with Crippen LogP contribution in [0.25, 0.3) is 10.9 Å². The number of pyridine rings is 1. The monoisotopic (exact) mass is 367 g/mol. The Balaban J connectivity index is 2.08. The maximum absolute atomic E-state index is 12.3. The van der Waals surface area contributed by atoms with Crippen molar-refractivity contribution in [2.24, 2.45) is 0 Å². The highest BCUT2D eigenvalue weighted by molar-refractivity contribution is 9.10. The summed E-state index contributed by atoms with van der Waals surface area (Å²) in [5.41, 5.74) is 0.693. The smallest absolute Gasteiger partial charge is 0.252 e. The summed E-state index contributed by atoms with van der Waals surface area (Å²) in [6, 6.07) is 6.78. The number of ether oxygens (including phenoxy) is 1. The number of methoxy groups -OCH3 is 1. The molecule has 0 aliphatic heterocycles. The number of para-hydroxylation sites is 1. The van der Waals surface area contributed by atoms with Crippen LogP contribution in [0.15, 0.2) is 33.5 Å². The van der Waals surface area contributed by atoms with E-state index in [4.69, 9.17) is 4.74 Å². The van der Waals surface area contributed by atoms with Gasteiger partial charge in [0.25, 0.3) is 5.91 Å². The van der Waals surface area contributed by atoms with Crippen molar-refractivity contribution >= 4 is 32.7 Å². The van der Waals surface area contributed by atoms with E-state index in [1.165, 1.54) is 6.07 Å². The molecule has 0 bridgehead atoms. The van der Waals surface area contributed by atoms with Crippen LogP contribution in [0.1, 0.15) is 10.4 Å². The van der Waals surface area contributed by atoms with Gasteiger partial charge in [-0.2, -0.15) is 0 Å². The molecule has 7 heteroatoms. The highest BCUT2D eigenvalue weighted by Crippen LogP contribution is 2.23. The number of rotatable bonds is 7. The quantitative estimate of drug-likeness (QED) is 0.643. The van der Waals surface area contributed by atoms with E-state index in [0.717, 1.165) is 11.0 Å². The highest BCUT2D eigenvalue weighted by atomic mass is 79.9. The maximum atomic E-state index is 12.3. The average molecular weight is 368 g/mol. The second-order valence-electron chi connectivity index (χ2n) is 4.71. The maximum Gasteiger partial charge on any atom is 0.252 e. The average Bonchev–Trinajstić information content (AvgIpc) is 2.51. The van der Waals surface area contributed by atoms with Crippen molar-refractivity contribution in [3.8, 4) is 0 Å². The summed E-state index contributed by atoms with van der Waals surface area (Å²) in [7, 11) is 1.64. The molecular weight excluding hydrogens is 350 g/mol. The van der Waals surface area contributed by atoms with Crippen molar-refractivity contribution < 1.29 is 9.53 Å². The molecule has 1 heterocycles. The van der Waals surface area contributed by atoms with Crippen molar-refractivity contribution in [1.82, 2.24) is 15.6 Å². The minimum absolute atomic E-state index is 0.261. The molecule has 6 nitrogen and oxygen atoms in total. The lowest BCUT2D eigenvalue weighted by Crippen LogP contribution is -2.33. The number of amides is 1. The molecule has 0 fully saturated rings. The SMILES string of the molecule is COCCNCCNC(=O)c1cc(=O)[nH]c2c(Br)cccc12. The third kappa shape index (κ3) is 4.16. The second-order valence-corrected chi connectivity index (χ2v) is 5.56. The number of aromatic amines is 1. The van der Waals surface area contributed by atoms with Gasteiger partial charge < -0.3 is 20.4 Å². The molecule has 22 heavy (non-hydrogen) atoms. The highest BCUT2D eigenvalue weighted by Gasteiger charge is 2.12. The molecule has 2 rings (SSSR count). The van der Waals surface area contributed by atoms with E-state index in [-0.39, 0.29) is 11.5 Å². The number of carbonyl (C=O) groups is 1. The predicted molar refractivity (Wildman–Crippen MR) is 89.3 cm³/mol. The fourth-order valence-corrected chi connectivity index (χ4v) is 2.56. The summed E-state index contributed by atoms with van der Waals surface area (Å²) in [5, 5.41) is 6.65. The van der Waals surface area contributed by atoms with Crippen LogP contribution in [0.5, 0.6) is 0 Å². The molecule has 1 aromatic heterocycles. The van der Waals surface area contributed by atoms with Crippen LogP contribution in [0.4, 0.5) is 0 Å². The van der Waals surface area contributed by atoms with Gasteiger partial charge in [0, 0.05) is 42.7 Å². The van der Waals surface area contributed by atoms with Gasteiger partial charge in [0.05, 0.1) is 17.7 Å². The van der Waals surface area contributed by atoms with Crippen LogP contribution >= 0.6 is 15.9 Å². The number of fused-ring (bicyclic) bond motifs is 1. The van der Waals surface area contributed by atoms with E-state index < -0.39 is 0 Å². The number of carbonyl (C=O) groups excluding carboxylic acids is 1. The van der Waals surface area contributed by atoms with Crippen molar-refractivity contribution in [3.05, 3.63) is 44.7 Å². The largest absolute Gasteiger partial charge is 0.383 e. The number of halogens is 1. The standard InChI is InChI=1S/C15H18BrN3O3/c1-22-8-7-17-5-6-18-15(21)11-9-13(20)19-14-10(11)3-2-4-12(14)16/h2-4,9,17H,5-8H2,1H3,(H,18,21)(H,19,20). The molecule has 2 aromatic rings. The molecule has 1 aromatic carbocycles. The minimum Gasteiger partial charge on any atom is -0.383 e. The summed E-state index contributed by atoms with van der Waals surface area (Å²) >= 11 is 3.38. The predicted octanol–water partition coefficient (Wildman–Crippen LogP) is 1.26. The molecule has 0 unspecified atom stereocenters. The Morgan fingerprint density at radius 3 is 2.91 bits per heavy atom. The van der Waals surface area contributed by atoms with Crippen molar-refractivity contribution in [3.63, 3.8) is 0 Å². The number of benzene rings is 1. The van der Waals surface area contributed by atoms with E-state index >= 15 is 0 Å².